The van der Waals surface area contributed by atoms with Crippen molar-refractivity contribution >= 4 is 17.5 Å². The minimum absolute atomic E-state index is 0.0807. The quantitative estimate of drug-likeness (QED) is 0.507. The molecule has 0 saturated carbocycles. The van der Waals surface area contributed by atoms with E-state index in [-0.39, 0.29) is 11.2 Å². The number of aromatic amines is 1. The molecule has 0 radical (unpaired) electrons. The highest BCUT2D eigenvalue weighted by Gasteiger charge is 2.15. The molecule has 3 aromatic rings. The van der Waals surface area contributed by atoms with Gasteiger partial charge in [-0.25, -0.2) is 4.98 Å². The number of hydrogen-bond acceptors (Lipinski definition) is 4. The van der Waals surface area contributed by atoms with Gasteiger partial charge in [-0.15, -0.1) is 5.10 Å². The molecule has 0 spiro atoms. The fourth-order valence-corrected chi connectivity index (χ4v) is 3.21. The minimum Gasteiger partial charge on any atom is -0.293 e. The van der Waals surface area contributed by atoms with Crippen molar-refractivity contribution < 1.29 is 4.79 Å². The van der Waals surface area contributed by atoms with Crippen LogP contribution >= 0.6 is 11.8 Å². The van der Waals surface area contributed by atoms with Crippen LogP contribution in [0.3, 0.4) is 0 Å². The molecule has 134 valence electrons. The molecular weight excluding hydrogens is 342 g/mol. The number of aromatic nitrogens is 3. The van der Waals surface area contributed by atoms with Crippen molar-refractivity contribution in [2.45, 2.75) is 38.3 Å². The topological polar surface area (TPSA) is 58.6 Å². The number of aryl methyl sites for hydroxylation is 1. The first-order valence-electron chi connectivity index (χ1n) is 8.59. The van der Waals surface area contributed by atoms with Crippen LogP contribution in [0.4, 0.5) is 0 Å². The molecule has 5 heteroatoms. The second-order valence-corrected chi connectivity index (χ2v) is 8.31. The molecule has 0 unspecified atom stereocenters. The molecule has 0 aliphatic rings. The van der Waals surface area contributed by atoms with Gasteiger partial charge in [0.1, 0.15) is 0 Å². The summed E-state index contributed by atoms with van der Waals surface area (Å²) in [5.74, 6) is 1.12. The lowest BCUT2D eigenvalue weighted by atomic mass is 9.86. The molecule has 1 heterocycles. The van der Waals surface area contributed by atoms with Crippen LogP contribution in [0.25, 0.3) is 11.4 Å². The van der Waals surface area contributed by atoms with E-state index in [1.807, 2.05) is 55.5 Å². The Bertz CT molecular complexity index is 890. The first-order chi connectivity index (χ1) is 12.3. The van der Waals surface area contributed by atoms with Crippen molar-refractivity contribution in [2.24, 2.45) is 0 Å². The molecule has 4 nitrogen and oxygen atoms in total. The molecule has 0 bridgehead atoms. The monoisotopic (exact) mass is 365 g/mol. The molecule has 26 heavy (non-hydrogen) atoms. The van der Waals surface area contributed by atoms with Crippen LogP contribution in [0.1, 0.15) is 42.3 Å². The van der Waals surface area contributed by atoms with E-state index in [1.54, 1.807) is 0 Å². The summed E-state index contributed by atoms with van der Waals surface area (Å²) in [6.45, 7) is 8.53. The minimum atomic E-state index is 0.0807. The number of H-pyrrole nitrogens is 1. The van der Waals surface area contributed by atoms with Crippen LogP contribution < -0.4 is 0 Å². The van der Waals surface area contributed by atoms with Crippen molar-refractivity contribution in [3.63, 3.8) is 0 Å². The largest absolute Gasteiger partial charge is 0.293 e. The van der Waals surface area contributed by atoms with E-state index >= 15 is 0 Å². The highest BCUT2D eigenvalue weighted by Crippen LogP contribution is 2.24. The van der Waals surface area contributed by atoms with E-state index in [1.165, 1.54) is 22.9 Å². The third kappa shape index (κ3) is 4.41. The molecule has 0 amide bonds. The van der Waals surface area contributed by atoms with Crippen LogP contribution in [-0.2, 0) is 5.41 Å². The Kier molecular flexibility index (Phi) is 5.28. The lowest BCUT2D eigenvalue weighted by Gasteiger charge is -2.18. The summed E-state index contributed by atoms with van der Waals surface area (Å²) < 4.78 is 0. The Morgan fingerprint density at radius 3 is 2.31 bits per heavy atom. The summed E-state index contributed by atoms with van der Waals surface area (Å²) >= 11 is 1.35. The summed E-state index contributed by atoms with van der Waals surface area (Å²) in [6.07, 6.45) is 0. The van der Waals surface area contributed by atoms with E-state index in [0.717, 1.165) is 17.0 Å². The van der Waals surface area contributed by atoms with Gasteiger partial charge in [0.25, 0.3) is 0 Å². The third-order valence-corrected chi connectivity index (χ3v) is 5.04. The average Bonchev–Trinajstić information content (AvgIpc) is 3.08. The zero-order valence-corrected chi connectivity index (χ0v) is 16.4. The predicted molar refractivity (Wildman–Crippen MR) is 107 cm³/mol. The van der Waals surface area contributed by atoms with Crippen molar-refractivity contribution in [1.29, 1.82) is 0 Å². The molecule has 2 aromatic carbocycles. The van der Waals surface area contributed by atoms with Gasteiger partial charge in [-0.1, -0.05) is 86.6 Å². The molecule has 3 rings (SSSR count). The number of nitrogens with zero attached hydrogens (tertiary/aromatic N) is 2. The Morgan fingerprint density at radius 1 is 1.04 bits per heavy atom. The Balaban J connectivity index is 1.62. The van der Waals surface area contributed by atoms with Crippen LogP contribution in [-0.4, -0.2) is 26.7 Å². The number of ketones is 1. The second kappa shape index (κ2) is 7.46. The molecular formula is C21H23N3OS. The van der Waals surface area contributed by atoms with Crippen LogP contribution in [0.15, 0.2) is 53.7 Å². The van der Waals surface area contributed by atoms with E-state index in [9.17, 15) is 4.79 Å². The van der Waals surface area contributed by atoms with Crippen LogP contribution in [0, 0.1) is 6.92 Å². The lowest BCUT2D eigenvalue weighted by molar-refractivity contribution is 0.102. The van der Waals surface area contributed by atoms with Gasteiger partial charge in [0.2, 0.25) is 5.16 Å². The number of nitrogens with one attached hydrogen (secondary N) is 1. The first kappa shape index (κ1) is 18.4. The fourth-order valence-electron chi connectivity index (χ4n) is 2.52. The van der Waals surface area contributed by atoms with Crippen LogP contribution in [0.2, 0.25) is 0 Å². The molecule has 0 saturated heterocycles. The summed E-state index contributed by atoms with van der Waals surface area (Å²) in [5, 5.41) is 7.72. The third-order valence-electron chi connectivity index (χ3n) is 4.20. The number of carbonyl (C=O) groups is 1. The van der Waals surface area contributed by atoms with Crippen molar-refractivity contribution in [1.82, 2.24) is 15.2 Å². The zero-order chi connectivity index (χ0) is 18.7. The van der Waals surface area contributed by atoms with Gasteiger partial charge >= 0.3 is 0 Å². The number of thioether (sulfide) groups is 1. The van der Waals surface area contributed by atoms with Gasteiger partial charge in [-0.3, -0.25) is 9.89 Å². The summed E-state index contributed by atoms with van der Waals surface area (Å²) in [6, 6.07) is 15.9. The predicted octanol–water partition coefficient (Wildman–Crippen LogP) is 5.05. The highest BCUT2D eigenvalue weighted by molar-refractivity contribution is 7.99. The smallest absolute Gasteiger partial charge is 0.209 e. The summed E-state index contributed by atoms with van der Waals surface area (Å²) in [5.41, 5.74) is 4.21. The Morgan fingerprint density at radius 2 is 1.69 bits per heavy atom. The SMILES string of the molecule is Cc1ccc(-c2nc(SCC(=O)c3ccc(C(C)(C)C)cc3)n[nH]2)cc1. The molecule has 0 atom stereocenters. The highest BCUT2D eigenvalue weighted by atomic mass is 32.2. The number of hydrogen-bond donors (Lipinski definition) is 1. The van der Waals surface area contributed by atoms with Gasteiger partial charge in [-0.05, 0) is 17.9 Å². The maximum absolute atomic E-state index is 12.4. The Labute approximate surface area is 158 Å². The second-order valence-electron chi connectivity index (χ2n) is 7.37. The molecule has 0 aliphatic carbocycles. The number of Topliss-reactive ketones (excluding diaryl/α,β-unsaturated/α-hetero) is 1. The normalized spacial score (nSPS) is 11.5. The number of carbonyl (C=O) groups excluding carboxylic acids is 1. The maximum atomic E-state index is 12.4. The fraction of sp³-hybridized carbons (Fsp3) is 0.286. The first-order valence-corrected chi connectivity index (χ1v) is 9.57. The van der Waals surface area contributed by atoms with Gasteiger partial charge in [0.05, 0.1) is 5.75 Å². The number of benzene rings is 2. The van der Waals surface area contributed by atoms with E-state index in [0.29, 0.717) is 10.9 Å². The van der Waals surface area contributed by atoms with Gasteiger partial charge in [0, 0.05) is 11.1 Å². The van der Waals surface area contributed by atoms with Crippen LogP contribution in [0.5, 0.6) is 0 Å². The van der Waals surface area contributed by atoms with Gasteiger partial charge in [0.15, 0.2) is 11.6 Å². The Hall–Kier alpha value is -2.40. The molecule has 1 aromatic heterocycles. The van der Waals surface area contributed by atoms with E-state index in [2.05, 4.69) is 36.0 Å². The standard InChI is InChI=1S/C21H23N3OS/c1-14-5-7-16(8-6-14)19-22-20(24-23-19)26-13-18(25)15-9-11-17(12-10-15)21(2,3)4/h5-12H,13H2,1-4H3,(H,22,23,24). The summed E-state index contributed by atoms with van der Waals surface area (Å²) in [7, 11) is 0. The number of rotatable bonds is 5. The lowest BCUT2D eigenvalue weighted by Crippen LogP contribution is -2.11. The molecule has 0 fully saturated rings. The molecule has 1 N–H and O–H groups in total. The van der Waals surface area contributed by atoms with Gasteiger partial charge in [-0.2, -0.15) is 0 Å². The van der Waals surface area contributed by atoms with Gasteiger partial charge < -0.3 is 0 Å². The van der Waals surface area contributed by atoms with E-state index in [4.69, 9.17) is 0 Å². The van der Waals surface area contributed by atoms with Crippen molar-refractivity contribution in [3.8, 4) is 11.4 Å². The maximum Gasteiger partial charge on any atom is 0.209 e. The average molecular weight is 366 g/mol. The zero-order valence-electron chi connectivity index (χ0n) is 15.5. The molecule has 0 aliphatic heterocycles. The van der Waals surface area contributed by atoms with E-state index < -0.39 is 0 Å². The van der Waals surface area contributed by atoms with Crippen molar-refractivity contribution in [3.05, 3.63) is 65.2 Å². The summed E-state index contributed by atoms with van der Waals surface area (Å²) in [4.78, 5) is 16.9. The van der Waals surface area contributed by atoms with Crippen molar-refractivity contribution in [2.75, 3.05) is 5.75 Å².